The predicted molar refractivity (Wildman–Crippen MR) is 105 cm³/mol. The SMILES string of the molecule is CNC(=O)c1cc(C(=O)OC(C)(C)C)c(C(=O)c2cccc3[nH]ccc23)cn1. The number of hydrogen-bond acceptors (Lipinski definition) is 5. The Labute approximate surface area is 162 Å². The first-order valence-corrected chi connectivity index (χ1v) is 8.77. The summed E-state index contributed by atoms with van der Waals surface area (Å²) in [5, 5.41) is 3.19. The lowest BCUT2D eigenvalue weighted by Gasteiger charge is -2.20. The minimum atomic E-state index is -0.755. The van der Waals surface area contributed by atoms with Crippen molar-refractivity contribution in [2.45, 2.75) is 26.4 Å². The molecule has 0 atom stereocenters. The maximum Gasteiger partial charge on any atom is 0.339 e. The lowest BCUT2D eigenvalue weighted by molar-refractivity contribution is 0.00677. The summed E-state index contributed by atoms with van der Waals surface area (Å²) in [6, 6.07) is 8.38. The molecule has 0 bridgehead atoms. The van der Waals surface area contributed by atoms with Crippen LogP contribution in [0.5, 0.6) is 0 Å². The highest BCUT2D eigenvalue weighted by Gasteiger charge is 2.26. The number of nitrogens with one attached hydrogen (secondary N) is 2. The number of H-pyrrole nitrogens is 1. The maximum absolute atomic E-state index is 13.2. The third-order valence-electron chi connectivity index (χ3n) is 4.07. The summed E-state index contributed by atoms with van der Waals surface area (Å²) in [4.78, 5) is 45.0. The Morgan fingerprint density at radius 3 is 2.50 bits per heavy atom. The molecule has 0 radical (unpaired) electrons. The Bertz CT molecular complexity index is 1080. The number of carbonyl (C=O) groups excluding carboxylic acids is 3. The number of aromatic amines is 1. The molecule has 3 rings (SSSR count). The fourth-order valence-corrected chi connectivity index (χ4v) is 2.82. The van der Waals surface area contributed by atoms with Crippen LogP contribution in [0.3, 0.4) is 0 Å². The molecule has 144 valence electrons. The molecule has 1 amide bonds. The Morgan fingerprint density at radius 1 is 1.07 bits per heavy atom. The second kappa shape index (κ2) is 7.26. The van der Waals surface area contributed by atoms with Crippen LogP contribution in [-0.4, -0.2) is 40.3 Å². The molecule has 2 N–H and O–H groups in total. The van der Waals surface area contributed by atoms with Crippen LogP contribution >= 0.6 is 0 Å². The first-order valence-electron chi connectivity index (χ1n) is 8.77. The molecule has 2 aromatic heterocycles. The molecule has 7 heteroatoms. The van der Waals surface area contributed by atoms with E-state index in [-0.39, 0.29) is 22.6 Å². The van der Waals surface area contributed by atoms with Gasteiger partial charge in [-0.25, -0.2) is 4.79 Å². The first-order chi connectivity index (χ1) is 13.2. The molecule has 0 unspecified atom stereocenters. The number of ketones is 1. The highest BCUT2D eigenvalue weighted by molar-refractivity contribution is 6.19. The van der Waals surface area contributed by atoms with Gasteiger partial charge in [-0.1, -0.05) is 12.1 Å². The molecule has 0 saturated heterocycles. The van der Waals surface area contributed by atoms with Crippen molar-refractivity contribution in [1.82, 2.24) is 15.3 Å². The Kier molecular flexibility index (Phi) is 5.00. The van der Waals surface area contributed by atoms with Crippen molar-refractivity contribution in [3.05, 3.63) is 65.1 Å². The standard InChI is InChI=1S/C21H21N3O4/c1-21(2,3)28-20(27)14-10-17(19(26)22-4)24-11-15(14)18(25)13-6-5-7-16-12(13)8-9-23-16/h5-11,23H,1-4H3,(H,22,26). The molecule has 0 fully saturated rings. The maximum atomic E-state index is 13.2. The molecule has 0 aliphatic carbocycles. The normalized spacial score (nSPS) is 11.3. The highest BCUT2D eigenvalue weighted by atomic mass is 16.6. The number of esters is 1. The lowest BCUT2D eigenvalue weighted by atomic mass is 9.97. The average Bonchev–Trinajstić information content (AvgIpc) is 3.13. The number of aromatic nitrogens is 2. The Hall–Kier alpha value is -3.48. The summed E-state index contributed by atoms with van der Waals surface area (Å²) in [5.41, 5.74) is 0.586. The van der Waals surface area contributed by atoms with E-state index in [0.717, 1.165) is 10.9 Å². The van der Waals surface area contributed by atoms with Crippen LogP contribution in [0.2, 0.25) is 0 Å². The van der Waals surface area contributed by atoms with Gasteiger partial charge < -0.3 is 15.0 Å². The monoisotopic (exact) mass is 379 g/mol. The zero-order chi connectivity index (χ0) is 20.5. The first kappa shape index (κ1) is 19.3. The minimum Gasteiger partial charge on any atom is -0.456 e. The molecule has 2 heterocycles. The van der Waals surface area contributed by atoms with E-state index in [1.807, 2.05) is 6.07 Å². The number of nitrogens with zero attached hydrogens (tertiary/aromatic N) is 1. The highest BCUT2D eigenvalue weighted by Crippen LogP contribution is 2.24. The van der Waals surface area contributed by atoms with Crippen LogP contribution in [0.1, 0.15) is 57.5 Å². The molecule has 1 aromatic carbocycles. The fourth-order valence-electron chi connectivity index (χ4n) is 2.82. The van der Waals surface area contributed by atoms with Crippen molar-refractivity contribution in [3.63, 3.8) is 0 Å². The zero-order valence-corrected chi connectivity index (χ0v) is 16.1. The summed E-state index contributed by atoms with van der Waals surface area (Å²) in [5.74, 6) is -1.52. The van der Waals surface area contributed by atoms with E-state index in [1.54, 1.807) is 45.2 Å². The minimum absolute atomic E-state index is 0.000985. The number of fused-ring (bicyclic) bond motifs is 1. The van der Waals surface area contributed by atoms with Gasteiger partial charge in [-0.3, -0.25) is 14.6 Å². The molecular formula is C21H21N3O4. The van der Waals surface area contributed by atoms with Gasteiger partial charge in [0.25, 0.3) is 5.91 Å². The number of amides is 1. The van der Waals surface area contributed by atoms with Crippen LogP contribution in [0.15, 0.2) is 42.7 Å². The van der Waals surface area contributed by atoms with Crippen molar-refractivity contribution < 1.29 is 19.1 Å². The summed E-state index contributed by atoms with van der Waals surface area (Å²) >= 11 is 0. The predicted octanol–water partition coefficient (Wildman–Crippen LogP) is 3.11. The van der Waals surface area contributed by atoms with Crippen LogP contribution in [0.25, 0.3) is 10.9 Å². The van der Waals surface area contributed by atoms with Gasteiger partial charge >= 0.3 is 5.97 Å². The smallest absolute Gasteiger partial charge is 0.339 e. The number of carbonyl (C=O) groups is 3. The summed E-state index contributed by atoms with van der Waals surface area (Å²) in [7, 11) is 1.46. The van der Waals surface area contributed by atoms with Gasteiger partial charge in [0.15, 0.2) is 5.78 Å². The second-order valence-corrected chi connectivity index (χ2v) is 7.27. The summed E-state index contributed by atoms with van der Waals surface area (Å²) < 4.78 is 5.43. The topological polar surface area (TPSA) is 101 Å². The molecule has 0 aliphatic heterocycles. The third-order valence-corrected chi connectivity index (χ3v) is 4.07. The molecule has 7 nitrogen and oxygen atoms in total. The fraction of sp³-hybridized carbons (Fsp3) is 0.238. The number of ether oxygens (including phenoxy) is 1. The number of rotatable bonds is 4. The van der Waals surface area contributed by atoms with E-state index < -0.39 is 17.5 Å². The Morgan fingerprint density at radius 2 is 1.82 bits per heavy atom. The zero-order valence-electron chi connectivity index (χ0n) is 16.1. The molecule has 28 heavy (non-hydrogen) atoms. The third kappa shape index (κ3) is 3.78. The molecular weight excluding hydrogens is 358 g/mol. The van der Waals surface area contributed by atoms with Crippen LogP contribution in [0.4, 0.5) is 0 Å². The summed E-state index contributed by atoms with van der Waals surface area (Å²) in [6.45, 7) is 5.19. The summed E-state index contributed by atoms with van der Waals surface area (Å²) in [6.07, 6.45) is 2.99. The molecule has 0 spiro atoms. The van der Waals surface area contributed by atoms with Crippen molar-refractivity contribution in [2.75, 3.05) is 7.05 Å². The number of hydrogen-bond donors (Lipinski definition) is 2. The van der Waals surface area contributed by atoms with Gasteiger partial charge in [0, 0.05) is 35.9 Å². The van der Waals surface area contributed by atoms with Crippen molar-refractivity contribution in [2.24, 2.45) is 0 Å². The van der Waals surface area contributed by atoms with Gasteiger partial charge in [0.2, 0.25) is 0 Å². The van der Waals surface area contributed by atoms with Gasteiger partial charge in [-0.15, -0.1) is 0 Å². The Balaban J connectivity index is 2.13. The van der Waals surface area contributed by atoms with E-state index in [1.165, 1.54) is 19.3 Å². The largest absolute Gasteiger partial charge is 0.456 e. The van der Waals surface area contributed by atoms with Gasteiger partial charge in [0.1, 0.15) is 11.3 Å². The van der Waals surface area contributed by atoms with E-state index in [0.29, 0.717) is 5.56 Å². The molecule has 0 saturated carbocycles. The quantitative estimate of drug-likeness (QED) is 0.536. The molecule has 3 aromatic rings. The average molecular weight is 379 g/mol. The van der Waals surface area contributed by atoms with Crippen LogP contribution in [0, 0.1) is 0 Å². The van der Waals surface area contributed by atoms with Gasteiger partial charge in [-0.05, 0) is 39.0 Å². The van der Waals surface area contributed by atoms with E-state index in [2.05, 4.69) is 15.3 Å². The van der Waals surface area contributed by atoms with Crippen LogP contribution < -0.4 is 5.32 Å². The van der Waals surface area contributed by atoms with E-state index in [4.69, 9.17) is 4.74 Å². The lowest BCUT2D eigenvalue weighted by Crippen LogP contribution is -2.26. The van der Waals surface area contributed by atoms with Gasteiger partial charge in [0.05, 0.1) is 11.1 Å². The van der Waals surface area contributed by atoms with E-state index >= 15 is 0 Å². The molecule has 0 aliphatic rings. The van der Waals surface area contributed by atoms with E-state index in [9.17, 15) is 14.4 Å². The van der Waals surface area contributed by atoms with Crippen LogP contribution in [-0.2, 0) is 4.74 Å². The van der Waals surface area contributed by atoms with Crippen molar-refractivity contribution in [1.29, 1.82) is 0 Å². The van der Waals surface area contributed by atoms with Crippen molar-refractivity contribution >= 4 is 28.6 Å². The van der Waals surface area contributed by atoms with Crippen molar-refractivity contribution in [3.8, 4) is 0 Å². The second-order valence-electron chi connectivity index (χ2n) is 7.27. The number of pyridine rings is 1. The van der Waals surface area contributed by atoms with Gasteiger partial charge in [-0.2, -0.15) is 0 Å². The number of benzene rings is 1.